The van der Waals surface area contributed by atoms with Gasteiger partial charge in [-0.2, -0.15) is 4.31 Å². The maximum Gasteiger partial charge on any atom is 0.248 e. The fourth-order valence-corrected chi connectivity index (χ4v) is 6.45. The van der Waals surface area contributed by atoms with Gasteiger partial charge in [-0.1, -0.05) is 23.4 Å². The van der Waals surface area contributed by atoms with Gasteiger partial charge in [-0.3, -0.25) is 4.79 Å². The minimum Gasteiger partial charge on any atom is -0.356 e. The van der Waals surface area contributed by atoms with Crippen molar-refractivity contribution in [3.63, 3.8) is 0 Å². The first-order valence-corrected chi connectivity index (χ1v) is 13.7. The van der Waals surface area contributed by atoms with Crippen LogP contribution in [0.4, 0.5) is 4.39 Å². The fraction of sp³-hybridized carbons (Fsp3) is 0.520. The molecule has 2 aliphatic rings. The molecule has 10 heteroatoms. The van der Waals surface area contributed by atoms with E-state index >= 15 is 0 Å². The van der Waals surface area contributed by atoms with E-state index in [9.17, 15) is 17.6 Å². The number of carbonyl (C=O) groups excluding carboxylic acids is 1. The summed E-state index contributed by atoms with van der Waals surface area (Å²) in [5, 5.41) is 6.85. The van der Waals surface area contributed by atoms with E-state index < -0.39 is 15.8 Å². The number of nitrogens with one attached hydrogen (secondary N) is 1. The number of nitrogens with zero attached hydrogens (tertiary/aromatic N) is 3. The molecule has 8 nitrogen and oxygen atoms in total. The van der Waals surface area contributed by atoms with Crippen molar-refractivity contribution >= 4 is 28.1 Å². The Balaban J connectivity index is 1.33. The molecule has 2 saturated heterocycles. The minimum atomic E-state index is -3.88. The normalized spacial score (nSPS) is 18.5. The highest BCUT2D eigenvalue weighted by atomic mass is 32.2. The number of sulfonamides is 1. The number of hydrogen-bond donors (Lipinski definition) is 1. The van der Waals surface area contributed by atoms with Crippen LogP contribution in [0.3, 0.4) is 0 Å². The standard InChI is InChI=1S/C25H33FN4O4S/c1-19-24(23(34-28-19)10-9-20-7-2-3-8-22(20)26)35(32,33)30-17-11-21(12-18-30)25(31)27-13-6-16-29-14-4-5-15-29/h2-3,7-10,21H,4-6,11-18H2,1H3,(H,27,31)/b10-9+. The lowest BCUT2D eigenvalue weighted by atomic mass is 9.97. The summed E-state index contributed by atoms with van der Waals surface area (Å²) in [7, 11) is -3.88. The Morgan fingerprint density at radius 2 is 1.89 bits per heavy atom. The van der Waals surface area contributed by atoms with Crippen LogP contribution in [0, 0.1) is 18.7 Å². The molecule has 2 aromatic rings. The second-order valence-corrected chi connectivity index (χ2v) is 11.1. The molecule has 0 unspecified atom stereocenters. The van der Waals surface area contributed by atoms with E-state index in [0.717, 1.165) is 26.1 Å². The zero-order valence-corrected chi connectivity index (χ0v) is 20.9. The van der Waals surface area contributed by atoms with E-state index in [1.165, 1.54) is 35.4 Å². The van der Waals surface area contributed by atoms with Crippen LogP contribution in [0.2, 0.25) is 0 Å². The second kappa shape index (κ2) is 11.5. The van der Waals surface area contributed by atoms with E-state index in [4.69, 9.17) is 4.52 Å². The lowest BCUT2D eigenvalue weighted by Crippen LogP contribution is -2.43. The average molecular weight is 505 g/mol. The summed E-state index contributed by atoms with van der Waals surface area (Å²) in [6.07, 6.45) is 7.25. The molecule has 0 atom stereocenters. The number of rotatable bonds is 9. The summed E-state index contributed by atoms with van der Waals surface area (Å²) in [6, 6.07) is 6.20. The molecule has 4 rings (SSSR count). The molecule has 0 bridgehead atoms. The number of likely N-dealkylation sites (tertiary alicyclic amines) is 1. The number of aryl methyl sites for hydroxylation is 1. The van der Waals surface area contributed by atoms with E-state index in [1.54, 1.807) is 25.1 Å². The van der Waals surface area contributed by atoms with Gasteiger partial charge in [0, 0.05) is 31.1 Å². The maximum atomic E-state index is 13.9. The number of carbonyl (C=O) groups is 1. The summed E-state index contributed by atoms with van der Waals surface area (Å²) < 4.78 is 47.4. The smallest absolute Gasteiger partial charge is 0.248 e. The number of benzene rings is 1. The molecule has 1 aromatic heterocycles. The van der Waals surface area contributed by atoms with Crippen molar-refractivity contribution in [1.29, 1.82) is 0 Å². The molecule has 0 spiro atoms. The lowest BCUT2D eigenvalue weighted by Gasteiger charge is -2.30. The number of piperidine rings is 1. The summed E-state index contributed by atoms with van der Waals surface area (Å²) in [5.74, 6) is -0.556. The molecule has 2 fully saturated rings. The van der Waals surface area contributed by atoms with Gasteiger partial charge in [0.2, 0.25) is 15.9 Å². The third kappa shape index (κ3) is 6.17. The zero-order chi connectivity index (χ0) is 24.8. The van der Waals surface area contributed by atoms with Gasteiger partial charge in [0.05, 0.1) is 0 Å². The third-order valence-electron chi connectivity index (χ3n) is 6.72. The summed E-state index contributed by atoms with van der Waals surface area (Å²) >= 11 is 0. The largest absolute Gasteiger partial charge is 0.356 e. The van der Waals surface area contributed by atoms with Crippen LogP contribution in [0.5, 0.6) is 0 Å². The topological polar surface area (TPSA) is 95.8 Å². The van der Waals surface area contributed by atoms with Crippen molar-refractivity contribution in [3.8, 4) is 0 Å². The van der Waals surface area contributed by atoms with Crippen molar-refractivity contribution in [3.05, 3.63) is 47.1 Å². The molecule has 1 aromatic carbocycles. The van der Waals surface area contributed by atoms with Crippen LogP contribution in [0.1, 0.15) is 49.1 Å². The van der Waals surface area contributed by atoms with Gasteiger partial charge < -0.3 is 14.7 Å². The van der Waals surface area contributed by atoms with Crippen molar-refractivity contribution < 1.29 is 22.1 Å². The van der Waals surface area contributed by atoms with Gasteiger partial charge in [-0.15, -0.1) is 0 Å². The highest BCUT2D eigenvalue weighted by Crippen LogP contribution is 2.29. The van der Waals surface area contributed by atoms with Crippen LogP contribution >= 0.6 is 0 Å². The van der Waals surface area contributed by atoms with Gasteiger partial charge in [0.15, 0.2) is 10.7 Å². The lowest BCUT2D eigenvalue weighted by molar-refractivity contribution is -0.126. The molecule has 0 saturated carbocycles. The summed E-state index contributed by atoms with van der Waals surface area (Å²) in [4.78, 5) is 15.0. The average Bonchev–Trinajstić information content (AvgIpc) is 3.51. The van der Waals surface area contributed by atoms with E-state index in [1.807, 2.05) is 0 Å². The van der Waals surface area contributed by atoms with Crippen molar-refractivity contribution in [2.45, 2.75) is 43.9 Å². The van der Waals surface area contributed by atoms with E-state index in [2.05, 4.69) is 15.4 Å². The Bertz CT molecular complexity index is 1150. The third-order valence-corrected chi connectivity index (χ3v) is 8.78. The van der Waals surface area contributed by atoms with Crippen molar-refractivity contribution in [2.75, 3.05) is 39.3 Å². The van der Waals surface area contributed by atoms with E-state index in [-0.39, 0.29) is 41.3 Å². The van der Waals surface area contributed by atoms with Gasteiger partial charge >= 0.3 is 0 Å². The van der Waals surface area contributed by atoms with Crippen LogP contribution in [0.15, 0.2) is 33.7 Å². The quantitative estimate of drug-likeness (QED) is 0.527. The molecular weight excluding hydrogens is 471 g/mol. The van der Waals surface area contributed by atoms with Crippen LogP contribution in [-0.4, -0.2) is 68.0 Å². The Labute approximate surface area is 206 Å². The van der Waals surface area contributed by atoms with Crippen molar-refractivity contribution in [1.82, 2.24) is 19.7 Å². The monoisotopic (exact) mass is 504 g/mol. The molecule has 0 aliphatic carbocycles. The first kappa shape index (κ1) is 25.5. The number of aromatic nitrogens is 1. The molecular formula is C25H33FN4O4S. The fourth-order valence-electron chi connectivity index (χ4n) is 4.73. The number of halogens is 1. The first-order chi connectivity index (χ1) is 16.9. The Kier molecular flexibility index (Phi) is 8.35. The first-order valence-electron chi connectivity index (χ1n) is 12.3. The van der Waals surface area contributed by atoms with Crippen LogP contribution < -0.4 is 5.32 Å². The molecule has 190 valence electrons. The molecule has 3 heterocycles. The van der Waals surface area contributed by atoms with E-state index in [0.29, 0.717) is 24.9 Å². The summed E-state index contributed by atoms with van der Waals surface area (Å²) in [5.41, 5.74) is 0.563. The number of hydrogen-bond acceptors (Lipinski definition) is 6. The number of amides is 1. The highest BCUT2D eigenvalue weighted by Gasteiger charge is 2.35. The molecule has 35 heavy (non-hydrogen) atoms. The predicted molar refractivity (Wildman–Crippen MR) is 131 cm³/mol. The molecule has 2 aliphatic heterocycles. The van der Waals surface area contributed by atoms with Gasteiger partial charge in [-0.05, 0) is 76.9 Å². The minimum absolute atomic E-state index is 0.00172. The summed E-state index contributed by atoms with van der Waals surface area (Å²) in [6.45, 7) is 6.00. The maximum absolute atomic E-state index is 13.9. The van der Waals surface area contributed by atoms with Crippen LogP contribution in [-0.2, 0) is 14.8 Å². The highest BCUT2D eigenvalue weighted by molar-refractivity contribution is 7.89. The second-order valence-electron chi connectivity index (χ2n) is 9.19. The predicted octanol–water partition coefficient (Wildman–Crippen LogP) is 3.30. The van der Waals surface area contributed by atoms with Crippen molar-refractivity contribution in [2.24, 2.45) is 5.92 Å². The Hall–Kier alpha value is -2.56. The van der Waals surface area contributed by atoms with Crippen LogP contribution in [0.25, 0.3) is 12.2 Å². The van der Waals surface area contributed by atoms with Gasteiger partial charge in [0.1, 0.15) is 11.5 Å². The molecule has 0 radical (unpaired) electrons. The molecule has 1 amide bonds. The Morgan fingerprint density at radius 1 is 1.17 bits per heavy atom. The Morgan fingerprint density at radius 3 is 2.60 bits per heavy atom. The zero-order valence-electron chi connectivity index (χ0n) is 20.1. The van der Waals surface area contributed by atoms with Gasteiger partial charge in [-0.25, -0.2) is 12.8 Å². The van der Waals surface area contributed by atoms with Gasteiger partial charge in [0.25, 0.3) is 0 Å². The molecule has 1 N–H and O–H groups in total. The SMILES string of the molecule is Cc1noc(/C=C/c2ccccc2F)c1S(=O)(=O)N1CCC(C(=O)NCCCN2CCCC2)CC1.